The summed E-state index contributed by atoms with van der Waals surface area (Å²) in [4.78, 5) is 0. The molecule has 0 heterocycles. The first kappa shape index (κ1) is 11.5. The van der Waals surface area contributed by atoms with Crippen molar-refractivity contribution in [1.29, 1.82) is 0 Å². The molecule has 15 heavy (non-hydrogen) atoms. The van der Waals surface area contributed by atoms with E-state index in [1.165, 1.54) is 38.5 Å². The lowest BCUT2D eigenvalue weighted by atomic mass is 9.43. The van der Waals surface area contributed by atoms with Crippen LogP contribution < -0.4 is 0 Å². The van der Waals surface area contributed by atoms with Crippen LogP contribution in [0.3, 0.4) is 0 Å². The van der Waals surface area contributed by atoms with Crippen LogP contribution in [0.4, 0.5) is 0 Å². The fourth-order valence-electron chi connectivity index (χ4n) is 4.63. The summed E-state index contributed by atoms with van der Waals surface area (Å²) in [5.41, 5.74) is 1.53. The van der Waals surface area contributed by atoms with Crippen molar-refractivity contribution in [2.24, 2.45) is 16.7 Å². The molecule has 1 unspecified atom stereocenters. The molecule has 0 aromatic carbocycles. The SMILES string of the molecule is CCCC(C)(CCC)C1CCC12CCC2. The Morgan fingerprint density at radius 1 is 1.07 bits per heavy atom. The van der Waals surface area contributed by atoms with E-state index in [4.69, 9.17) is 0 Å². The standard InChI is InChI=1S/C15H28/c1-4-8-14(3,9-5-2)13-7-12-15(13)10-6-11-15/h13H,4-12H2,1-3H3. The lowest BCUT2D eigenvalue weighted by Gasteiger charge is -2.62. The molecular weight excluding hydrogens is 180 g/mol. The highest BCUT2D eigenvalue weighted by atomic mass is 14.6. The Morgan fingerprint density at radius 2 is 1.67 bits per heavy atom. The monoisotopic (exact) mass is 208 g/mol. The number of hydrogen-bond acceptors (Lipinski definition) is 0. The molecule has 2 aliphatic carbocycles. The highest BCUT2D eigenvalue weighted by Gasteiger charge is 2.56. The van der Waals surface area contributed by atoms with Crippen LogP contribution in [0.15, 0.2) is 0 Å². The second-order valence-electron chi connectivity index (χ2n) is 6.46. The van der Waals surface area contributed by atoms with Gasteiger partial charge in [0, 0.05) is 0 Å². The quantitative estimate of drug-likeness (QED) is 0.584. The fraction of sp³-hybridized carbons (Fsp3) is 1.00. The summed E-state index contributed by atoms with van der Waals surface area (Å²) in [6, 6.07) is 0. The predicted molar refractivity (Wildman–Crippen MR) is 66.9 cm³/mol. The fourth-order valence-corrected chi connectivity index (χ4v) is 4.63. The molecule has 0 N–H and O–H groups in total. The smallest absolute Gasteiger partial charge is 0.0264 e. The summed E-state index contributed by atoms with van der Waals surface area (Å²) in [5.74, 6) is 1.08. The van der Waals surface area contributed by atoms with Gasteiger partial charge in [-0.05, 0) is 55.3 Å². The maximum atomic E-state index is 2.59. The molecule has 88 valence electrons. The minimum absolute atomic E-state index is 0.683. The van der Waals surface area contributed by atoms with Crippen molar-refractivity contribution in [2.75, 3.05) is 0 Å². The second kappa shape index (κ2) is 4.11. The summed E-state index contributed by atoms with van der Waals surface area (Å²) in [6.45, 7) is 7.31. The summed E-state index contributed by atoms with van der Waals surface area (Å²) in [5, 5.41) is 0. The number of rotatable bonds is 5. The molecule has 1 atom stereocenters. The van der Waals surface area contributed by atoms with Crippen LogP contribution >= 0.6 is 0 Å². The van der Waals surface area contributed by atoms with Crippen molar-refractivity contribution >= 4 is 0 Å². The molecule has 0 aliphatic heterocycles. The Bertz CT molecular complexity index is 201. The normalized spacial score (nSPS) is 28.6. The molecule has 0 radical (unpaired) electrons. The third-order valence-electron chi connectivity index (χ3n) is 5.50. The van der Waals surface area contributed by atoms with E-state index in [0.717, 1.165) is 11.3 Å². The lowest BCUT2D eigenvalue weighted by molar-refractivity contribution is -0.122. The Morgan fingerprint density at radius 3 is 1.93 bits per heavy atom. The number of hydrogen-bond donors (Lipinski definition) is 0. The molecule has 2 aliphatic rings. The first-order valence-corrected chi connectivity index (χ1v) is 7.17. The van der Waals surface area contributed by atoms with Gasteiger partial charge in [-0.25, -0.2) is 0 Å². The minimum atomic E-state index is 0.683. The highest BCUT2D eigenvalue weighted by Crippen LogP contribution is 2.66. The van der Waals surface area contributed by atoms with Crippen LogP contribution in [0, 0.1) is 16.7 Å². The van der Waals surface area contributed by atoms with E-state index in [0.29, 0.717) is 5.41 Å². The van der Waals surface area contributed by atoms with Crippen molar-refractivity contribution in [3.8, 4) is 0 Å². The van der Waals surface area contributed by atoms with Gasteiger partial charge in [0.05, 0.1) is 0 Å². The molecule has 0 nitrogen and oxygen atoms in total. The third-order valence-corrected chi connectivity index (χ3v) is 5.50. The molecule has 0 amide bonds. The van der Waals surface area contributed by atoms with E-state index < -0.39 is 0 Å². The van der Waals surface area contributed by atoms with Crippen LogP contribution in [0.2, 0.25) is 0 Å². The van der Waals surface area contributed by atoms with Gasteiger partial charge in [0.15, 0.2) is 0 Å². The predicted octanol–water partition coefficient (Wildman–Crippen LogP) is 5.17. The van der Waals surface area contributed by atoms with E-state index in [1.807, 2.05) is 0 Å². The lowest BCUT2D eigenvalue weighted by Crippen LogP contribution is -2.52. The molecule has 0 heteroatoms. The largest absolute Gasteiger partial charge is 0.0654 e. The van der Waals surface area contributed by atoms with Gasteiger partial charge in [-0.1, -0.05) is 40.0 Å². The van der Waals surface area contributed by atoms with Gasteiger partial charge in [-0.3, -0.25) is 0 Å². The third kappa shape index (κ3) is 1.74. The molecule has 1 spiro atoms. The van der Waals surface area contributed by atoms with Crippen molar-refractivity contribution < 1.29 is 0 Å². The van der Waals surface area contributed by atoms with Gasteiger partial charge >= 0.3 is 0 Å². The van der Waals surface area contributed by atoms with Gasteiger partial charge in [0.2, 0.25) is 0 Å². The molecule has 0 aromatic heterocycles. The molecule has 2 saturated carbocycles. The van der Waals surface area contributed by atoms with Gasteiger partial charge in [-0.2, -0.15) is 0 Å². The maximum Gasteiger partial charge on any atom is -0.0264 e. The van der Waals surface area contributed by atoms with Crippen molar-refractivity contribution in [3.63, 3.8) is 0 Å². The van der Waals surface area contributed by atoms with E-state index in [2.05, 4.69) is 20.8 Å². The molecule has 0 saturated heterocycles. The Labute approximate surface area is 95.8 Å². The van der Waals surface area contributed by atoms with Gasteiger partial charge in [-0.15, -0.1) is 0 Å². The average molecular weight is 208 g/mol. The van der Waals surface area contributed by atoms with E-state index in [9.17, 15) is 0 Å². The van der Waals surface area contributed by atoms with Crippen molar-refractivity contribution in [3.05, 3.63) is 0 Å². The van der Waals surface area contributed by atoms with Crippen LogP contribution in [0.5, 0.6) is 0 Å². The molecule has 2 fully saturated rings. The second-order valence-corrected chi connectivity index (χ2v) is 6.46. The van der Waals surface area contributed by atoms with Crippen LogP contribution in [0.25, 0.3) is 0 Å². The summed E-state index contributed by atoms with van der Waals surface area (Å²) < 4.78 is 0. The summed E-state index contributed by atoms with van der Waals surface area (Å²) in [7, 11) is 0. The molecular formula is C15H28. The van der Waals surface area contributed by atoms with Gasteiger partial charge in [0.1, 0.15) is 0 Å². The zero-order valence-corrected chi connectivity index (χ0v) is 10.9. The molecule has 0 bridgehead atoms. The summed E-state index contributed by atoms with van der Waals surface area (Å²) in [6.07, 6.45) is 13.4. The zero-order chi connectivity index (χ0) is 10.9. The van der Waals surface area contributed by atoms with E-state index >= 15 is 0 Å². The molecule has 0 aromatic rings. The average Bonchev–Trinajstić information content (AvgIpc) is 1.98. The maximum absolute atomic E-state index is 2.59. The topological polar surface area (TPSA) is 0 Å². The van der Waals surface area contributed by atoms with Crippen LogP contribution in [0.1, 0.15) is 78.6 Å². The van der Waals surface area contributed by atoms with E-state index in [1.54, 1.807) is 19.3 Å². The van der Waals surface area contributed by atoms with Crippen LogP contribution in [-0.4, -0.2) is 0 Å². The Kier molecular flexibility index (Phi) is 3.14. The first-order valence-electron chi connectivity index (χ1n) is 7.17. The van der Waals surface area contributed by atoms with Gasteiger partial charge in [0.25, 0.3) is 0 Å². The van der Waals surface area contributed by atoms with Gasteiger partial charge < -0.3 is 0 Å². The minimum Gasteiger partial charge on any atom is -0.0654 e. The Balaban J connectivity index is 2.04. The first-order chi connectivity index (χ1) is 7.17. The summed E-state index contributed by atoms with van der Waals surface area (Å²) >= 11 is 0. The Hall–Kier alpha value is 0. The van der Waals surface area contributed by atoms with Crippen LogP contribution in [-0.2, 0) is 0 Å². The van der Waals surface area contributed by atoms with Crippen molar-refractivity contribution in [2.45, 2.75) is 78.6 Å². The zero-order valence-electron chi connectivity index (χ0n) is 10.9. The highest BCUT2D eigenvalue weighted by molar-refractivity contribution is 5.06. The van der Waals surface area contributed by atoms with Crippen molar-refractivity contribution in [1.82, 2.24) is 0 Å². The molecule has 2 rings (SSSR count). The van der Waals surface area contributed by atoms with E-state index in [-0.39, 0.29) is 0 Å².